The molecule has 6 nitrogen and oxygen atoms in total. The highest BCUT2D eigenvalue weighted by Gasteiger charge is 2.22. The van der Waals surface area contributed by atoms with E-state index in [9.17, 15) is 4.79 Å². The molecule has 27 heavy (non-hydrogen) atoms. The number of methoxy groups -OCH3 is 3. The fourth-order valence-electron chi connectivity index (χ4n) is 3.28. The third-order valence-corrected chi connectivity index (χ3v) is 4.91. The lowest BCUT2D eigenvalue weighted by Crippen LogP contribution is -2.49. The van der Waals surface area contributed by atoms with Gasteiger partial charge in [-0.15, -0.1) is 0 Å². The van der Waals surface area contributed by atoms with E-state index in [1.165, 1.54) is 0 Å². The van der Waals surface area contributed by atoms with Crippen molar-refractivity contribution in [1.82, 2.24) is 4.90 Å². The van der Waals surface area contributed by atoms with Gasteiger partial charge in [0, 0.05) is 43.5 Å². The molecule has 144 valence electrons. The zero-order chi connectivity index (χ0) is 19.2. The Morgan fingerprint density at radius 3 is 2.07 bits per heavy atom. The van der Waals surface area contributed by atoms with Gasteiger partial charge >= 0.3 is 0 Å². The van der Waals surface area contributed by atoms with Crippen molar-refractivity contribution in [2.45, 2.75) is 6.42 Å². The molecule has 1 saturated heterocycles. The average molecular weight is 370 g/mol. The summed E-state index contributed by atoms with van der Waals surface area (Å²) in [5.41, 5.74) is 2.03. The second-order valence-electron chi connectivity index (χ2n) is 6.42. The first-order valence-electron chi connectivity index (χ1n) is 9.02. The second-order valence-corrected chi connectivity index (χ2v) is 6.42. The highest BCUT2D eigenvalue weighted by Crippen LogP contribution is 2.26. The highest BCUT2D eigenvalue weighted by molar-refractivity contribution is 5.80. The van der Waals surface area contributed by atoms with Gasteiger partial charge in [-0.2, -0.15) is 0 Å². The van der Waals surface area contributed by atoms with E-state index in [-0.39, 0.29) is 5.91 Å². The van der Waals surface area contributed by atoms with E-state index in [1.54, 1.807) is 21.3 Å². The zero-order valence-electron chi connectivity index (χ0n) is 16.1. The molecule has 0 N–H and O–H groups in total. The molecule has 0 atom stereocenters. The fourth-order valence-corrected chi connectivity index (χ4v) is 3.28. The van der Waals surface area contributed by atoms with Crippen LogP contribution in [0.4, 0.5) is 5.69 Å². The topological polar surface area (TPSA) is 51.2 Å². The minimum absolute atomic E-state index is 0.118. The lowest BCUT2D eigenvalue weighted by Gasteiger charge is -2.36. The summed E-state index contributed by atoms with van der Waals surface area (Å²) >= 11 is 0. The Balaban J connectivity index is 1.58. The molecule has 0 aliphatic carbocycles. The van der Waals surface area contributed by atoms with Gasteiger partial charge < -0.3 is 24.0 Å². The maximum Gasteiger partial charge on any atom is 0.227 e. The first-order valence-corrected chi connectivity index (χ1v) is 9.02. The summed E-state index contributed by atoms with van der Waals surface area (Å²) in [5.74, 6) is 2.37. The van der Waals surface area contributed by atoms with Crippen LogP contribution < -0.4 is 19.1 Å². The molecule has 2 aromatic rings. The molecule has 1 aliphatic heterocycles. The quantitative estimate of drug-likeness (QED) is 0.782. The maximum absolute atomic E-state index is 12.7. The van der Waals surface area contributed by atoms with Crippen LogP contribution in [0.5, 0.6) is 17.2 Å². The normalized spacial score (nSPS) is 14.0. The van der Waals surface area contributed by atoms with Gasteiger partial charge in [0.05, 0.1) is 27.8 Å². The van der Waals surface area contributed by atoms with Crippen molar-refractivity contribution in [2.24, 2.45) is 0 Å². The number of ether oxygens (including phenoxy) is 3. The minimum Gasteiger partial charge on any atom is -0.497 e. The van der Waals surface area contributed by atoms with Crippen LogP contribution in [0, 0.1) is 0 Å². The van der Waals surface area contributed by atoms with Gasteiger partial charge in [-0.1, -0.05) is 6.07 Å². The molecular formula is C21H26N2O4. The fraction of sp³-hybridized carbons (Fsp3) is 0.381. The number of piperazine rings is 1. The van der Waals surface area contributed by atoms with Gasteiger partial charge in [0.1, 0.15) is 17.2 Å². The smallest absolute Gasteiger partial charge is 0.227 e. The number of benzene rings is 2. The number of rotatable bonds is 6. The van der Waals surface area contributed by atoms with Gasteiger partial charge in [0.15, 0.2) is 0 Å². The van der Waals surface area contributed by atoms with Gasteiger partial charge in [0.25, 0.3) is 0 Å². The van der Waals surface area contributed by atoms with E-state index in [0.717, 1.165) is 35.8 Å². The molecule has 1 heterocycles. The molecule has 2 aromatic carbocycles. The van der Waals surface area contributed by atoms with E-state index in [1.807, 2.05) is 35.2 Å². The minimum atomic E-state index is 0.118. The van der Waals surface area contributed by atoms with Crippen molar-refractivity contribution in [2.75, 3.05) is 52.4 Å². The van der Waals surface area contributed by atoms with Crippen LogP contribution in [0.3, 0.4) is 0 Å². The summed E-state index contributed by atoms with van der Waals surface area (Å²) in [4.78, 5) is 16.9. The van der Waals surface area contributed by atoms with Crippen LogP contribution >= 0.6 is 0 Å². The Labute approximate surface area is 160 Å². The molecule has 3 rings (SSSR count). The van der Waals surface area contributed by atoms with Crippen LogP contribution in [-0.4, -0.2) is 58.3 Å². The van der Waals surface area contributed by atoms with Crippen molar-refractivity contribution < 1.29 is 19.0 Å². The molecule has 0 radical (unpaired) electrons. The predicted molar refractivity (Wildman–Crippen MR) is 105 cm³/mol. The number of nitrogens with zero attached hydrogens (tertiary/aromatic N) is 2. The second kappa shape index (κ2) is 8.66. The van der Waals surface area contributed by atoms with Crippen molar-refractivity contribution in [1.29, 1.82) is 0 Å². The van der Waals surface area contributed by atoms with Crippen molar-refractivity contribution in [3.63, 3.8) is 0 Å². The molecule has 6 heteroatoms. The van der Waals surface area contributed by atoms with Crippen LogP contribution in [0.2, 0.25) is 0 Å². The van der Waals surface area contributed by atoms with Gasteiger partial charge in [0.2, 0.25) is 5.91 Å². The van der Waals surface area contributed by atoms with Crippen LogP contribution in [-0.2, 0) is 11.2 Å². The standard InChI is InChI=1S/C21H26N2O4/c1-25-18-8-5-17(6-9-18)22-10-12-23(13-11-22)21(24)14-16-4-7-19(26-2)15-20(16)27-3/h4-9,15H,10-14H2,1-3H3. The lowest BCUT2D eigenvalue weighted by atomic mass is 10.1. The Hall–Kier alpha value is -2.89. The Morgan fingerprint density at radius 1 is 0.852 bits per heavy atom. The molecule has 0 aromatic heterocycles. The van der Waals surface area contributed by atoms with Gasteiger partial charge in [-0.05, 0) is 30.3 Å². The summed E-state index contributed by atoms with van der Waals surface area (Å²) in [6.07, 6.45) is 0.329. The summed E-state index contributed by atoms with van der Waals surface area (Å²) in [6, 6.07) is 13.6. The monoisotopic (exact) mass is 370 g/mol. The molecule has 0 spiro atoms. The van der Waals surface area contributed by atoms with Crippen LogP contribution in [0.1, 0.15) is 5.56 Å². The summed E-state index contributed by atoms with van der Waals surface area (Å²) in [5, 5.41) is 0. The van der Waals surface area contributed by atoms with Crippen LogP contribution in [0.25, 0.3) is 0 Å². The molecule has 0 saturated carbocycles. The predicted octanol–water partition coefficient (Wildman–Crippen LogP) is 2.60. The van der Waals surface area contributed by atoms with E-state index in [4.69, 9.17) is 14.2 Å². The molecule has 1 amide bonds. The Bertz CT molecular complexity index is 768. The SMILES string of the molecule is COc1ccc(N2CCN(C(=O)Cc3ccc(OC)cc3OC)CC2)cc1. The Morgan fingerprint density at radius 2 is 1.48 bits per heavy atom. The average Bonchev–Trinajstić information content (AvgIpc) is 2.74. The summed E-state index contributed by atoms with van der Waals surface area (Å²) in [6.45, 7) is 3.06. The van der Waals surface area contributed by atoms with Gasteiger partial charge in [-0.25, -0.2) is 0 Å². The number of anilines is 1. The van der Waals surface area contributed by atoms with Gasteiger partial charge in [-0.3, -0.25) is 4.79 Å². The number of amides is 1. The van der Waals surface area contributed by atoms with E-state index in [0.29, 0.717) is 25.3 Å². The van der Waals surface area contributed by atoms with Crippen LogP contribution in [0.15, 0.2) is 42.5 Å². The molecule has 0 bridgehead atoms. The first-order chi connectivity index (χ1) is 13.1. The number of carbonyl (C=O) groups is 1. The highest BCUT2D eigenvalue weighted by atomic mass is 16.5. The van der Waals surface area contributed by atoms with E-state index < -0.39 is 0 Å². The molecular weight excluding hydrogens is 344 g/mol. The van der Waals surface area contributed by atoms with Crippen molar-refractivity contribution in [3.8, 4) is 17.2 Å². The Kier molecular flexibility index (Phi) is 6.06. The summed E-state index contributed by atoms with van der Waals surface area (Å²) < 4.78 is 15.8. The van der Waals surface area contributed by atoms with E-state index >= 15 is 0 Å². The maximum atomic E-state index is 12.7. The molecule has 1 aliphatic rings. The number of hydrogen-bond acceptors (Lipinski definition) is 5. The number of hydrogen-bond donors (Lipinski definition) is 0. The number of carbonyl (C=O) groups excluding carboxylic acids is 1. The van der Waals surface area contributed by atoms with Crippen molar-refractivity contribution >= 4 is 11.6 Å². The first kappa shape index (κ1) is 18.9. The third-order valence-electron chi connectivity index (χ3n) is 4.91. The zero-order valence-corrected chi connectivity index (χ0v) is 16.1. The van der Waals surface area contributed by atoms with Crippen molar-refractivity contribution in [3.05, 3.63) is 48.0 Å². The summed E-state index contributed by atoms with van der Waals surface area (Å²) in [7, 11) is 4.88. The molecule has 1 fully saturated rings. The lowest BCUT2D eigenvalue weighted by molar-refractivity contribution is -0.130. The van der Waals surface area contributed by atoms with E-state index in [2.05, 4.69) is 17.0 Å². The third kappa shape index (κ3) is 4.45. The largest absolute Gasteiger partial charge is 0.497 e. The molecule has 0 unspecified atom stereocenters.